The van der Waals surface area contributed by atoms with Gasteiger partial charge in [-0.15, -0.1) is 0 Å². The minimum Gasteiger partial charge on any atom is -0.323 e. The smallest absolute Gasteiger partial charge is 0.323 e. The molecule has 0 bridgehead atoms. The quantitative estimate of drug-likeness (QED) is 0.579. The third kappa shape index (κ3) is 2.96. The average molecular weight is 153 g/mol. The zero-order valence-electron chi connectivity index (χ0n) is 5.57. The van der Waals surface area contributed by atoms with Crippen LogP contribution in [0.15, 0.2) is 0 Å². The van der Waals surface area contributed by atoms with Gasteiger partial charge >= 0.3 is 7.60 Å². The molecule has 0 aliphatic rings. The van der Waals surface area contributed by atoms with Gasteiger partial charge in [0.2, 0.25) is 0 Å². The molecule has 56 valence electrons. The van der Waals surface area contributed by atoms with Crippen LogP contribution in [0.25, 0.3) is 0 Å². The van der Waals surface area contributed by atoms with Crippen molar-refractivity contribution in [1.82, 2.24) is 0 Å². The molecular formula is C4H12NO3P. The maximum absolute atomic E-state index is 10.7. The Kier molecular flexibility index (Phi) is 3.36. The molecule has 0 radical (unpaired) electrons. The van der Waals surface area contributed by atoms with Crippen LogP contribution in [0.4, 0.5) is 0 Å². The monoisotopic (exact) mass is 153 g/mol. The Bertz CT molecular complexity index is 125. The van der Waals surface area contributed by atoms with Crippen LogP contribution in [0.3, 0.4) is 0 Å². The summed E-state index contributed by atoms with van der Waals surface area (Å²) in [6, 6.07) is 0. The molecule has 0 aliphatic carbocycles. The number of nitrogens with two attached hydrogens (primary N) is 1. The standard InChI is InChI=1S/C4H12NO3P/c1-3-8-9(6,7)4(2)5/h4H,3,5H2,1-2H3,(H,6,7). The molecule has 0 rings (SSSR count). The van der Waals surface area contributed by atoms with Gasteiger partial charge in [0.05, 0.1) is 6.61 Å². The van der Waals surface area contributed by atoms with E-state index in [1.807, 2.05) is 0 Å². The Balaban J connectivity index is 3.87. The first-order valence-corrected chi connectivity index (χ1v) is 4.38. The number of hydrogen-bond acceptors (Lipinski definition) is 3. The van der Waals surface area contributed by atoms with Gasteiger partial charge in [0.25, 0.3) is 0 Å². The summed E-state index contributed by atoms with van der Waals surface area (Å²) >= 11 is 0. The highest BCUT2D eigenvalue weighted by Gasteiger charge is 2.23. The first-order chi connectivity index (χ1) is 4.00. The van der Waals surface area contributed by atoms with E-state index >= 15 is 0 Å². The zero-order chi connectivity index (χ0) is 7.49. The van der Waals surface area contributed by atoms with E-state index in [0.717, 1.165) is 0 Å². The van der Waals surface area contributed by atoms with Crippen molar-refractivity contribution < 1.29 is 14.0 Å². The largest absolute Gasteiger partial charge is 0.344 e. The van der Waals surface area contributed by atoms with E-state index in [4.69, 9.17) is 10.6 Å². The Hall–Kier alpha value is 0.110. The molecule has 0 aromatic carbocycles. The van der Waals surface area contributed by atoms with Crippen molar-refractivity contribution >= 4 is 7.60 Å². The van der Waals surface area contributed by atoms with Crippen molar-refractivity contribution in [3.05, 3.63) is 0 Å². The van der Waals surface area contributed by atoms with Gasteiger partial charge in [-0.3, -0.25) is 4.57 Å². The molecule has 5 heteroatoms. The summed E-state index contributed by atoms with van der Waals surface area (Å²) in [5.41, 5.74) is 5.12. The summed E-state index contributed by atoms with van der Waals surface area (Å²) in [6.45, 7) is 3.30. The minimum atomic E-state index is -3.49. The second kappa shape index (κ2) is 3.32. The number of hydrogen-bond donors (Lipinski definition) is 2. The fraction of sp³-hybridized carbons (Fsp3) is 1.00. The maximum atomic E-state index is 10.7. The lowest BCUT2D eigenvalue weighted by Crippen LogP contribution is -2.16. The van der Waals surface area contributed by atoms with Crippen LogP contribution < -0.4 is 5.73 Å². The van der Waals surface area contributed by atoms with Gasteiger partial charge in [-0.25, -0.2) is 0 Å². The average Bonchev–Trinajstić information content (AvgIpc) is 1.65. The van der Waals surface area contributed by atoms with Gasteiger partial charge in [-0.05, 0) is 13.8 Å². The molecule has 0 fully saturated rings. The summed E-state index contributed by atoms with van der Waals surface area (Å²) in [6.07, 6.45) is 0. The van der Waals surface area contributed by atoms with Crippen LogP contribution in [0.1, 0.15) is 13.8 Å². The Morgan fingerprint density at radius 1 is 1.89 bits per heavy atom. The van der Waals surface area contributed by atoms with Crippen LogP contribution >= 0.6 is 7.60 Å². The van der Waals surface area contributed by atoms with Gasteiger partial charge in [-0.1, -0.05) is 0 Å². The van der Waals surface area contributed by atoms with Crippen molar-refractivity contribution in [3.8, 4) is 0 Å². The van der Waals surface area contributed by atoms with Crippen LogP contribution in [0.5, 0.6) is 0 Å². The fourth-order valence-corrected chi connectivity index (χ4v) is 0.908. The van der Waals surface area contributed by atoms with Gasteiger partial charge in [0.15, 0.2) is 0 Å². The molecule has 2 unspecified atom stereocenters. The SMILES string of the molecule is CCOP(=O)(O)C(C)N. The van der Waals surface area contributed by atoms with E-state index < -0.39 is 13.4 Å². The third-order valence-electron chi connectivity index (χ3n) is 0.829. The van der Waals surface area contributed by atoms with E-state index in [-0.39, 0.29) is 6.61 Å². The highest BCUT2D eigenvalue weighted by molar-refractivity contribution is 7.53. The van der Waals surface area contributed by atoms with Crippen molar-refractivity contribution in [3.63, 3.8) is 0 Å². The lowest BCUT2D eigenvalue weighted by atomic mass is 10.8. The van der Waals surface area contributed by atoms with E-state index in [1.165, 1.54) is 6.92 Å². The van der Waals surface area contributed by atoms with Gasteiger partial charge in [-0.2, -0.15) is 0 Å². The maximum Gasteiger partial charge on any atom is 0.344 e. The van der Waals surface area contributed by atoms with Crippen molar-refractivity contribution in [1.29, 1.82) is 0 Å². The highest BCUT2D eigenvalue weighted by Crippen LogP contribution is 2.44. The first kappa shape index (κ1) is 9.11. The van der Waals surface area contributed by atoms with E-state index in [9.17, 15) is 4.57 Å². The van der Waals surface area contributed by atoms with E-state index in [1.54, 1.807) is 6.92 Å². The molecule has 4 nitrogen and oxygen atoms in total. The summed E-state index contributed by atoms with van der Waals surface area (Å²) in [5.74, 6) is -0.794. The van der Waals surface area contributed by atoms with Crippen LogP contribution in [-0.4, -0.2) is 17.3 Å². The van der Waals surface area contributed by atoms with Crippen LogP contribution in [0, 0.1) is 0 Å². The second-order valence-electron chi connectivity index (χ2n) is 1.72. The van der Waals surface area contributed by atoms with Crippen molar-refractivity contribution in [2.75, 3.05) is 6.61 Å². The molecule has 0 spiro atoms. The highest BCUT2D eigenvalue weighted by atomic mass is 31.2. The molecule has 2 atom stereocenters. The summed E-state index contributed by atoms with van der Waals surface area (Å²) in [7, 11) is -3.49. The minimum absolute atomic E-state index is 0.218. The molecule has 0 amide bonds. The molecule has 0 aliphatic heterocycles. The van der Waals surface area contributed by atoms with Gasteiger partial charge < -0.3 is 15.2 Å². The third-order valence-corrected chi connectivity index (χ3v) is 2.49. The lowest BCUT2D eigenvalue weighted by molar-refractivity contribution is 0.266. The van der Waals surface area contributed by atoms with Gasteiger partial charge in [0, 0.05) is 0 Å². The van der Waals surface area contributed by atoms with Crippen LogP contribution in [-0.2, 0) is 9.09 Å². The Labute approximate surface area is 54.5 Å². The molecule has 0 heterocycles. The zero-order valence-corrected chi connectivity index (χ0v) is 6.47. The summed E-state index contributed by atoms with van der Waals surface area (Å²) in [5, 5.41) is 0. The molecule has 3 N–H and O–H groups in total. The normalized spacial score (nSPS) is 20.9. The first-order valence-electron chi connectivity index (χ1n) is 2.73. The van der Waals surface area contributed by atoms with E-state index in [0.29, 0.717) is 0 Å². The van der Waals surface area contributed by atoms with Gasteiger partial charge in [0.1, 0.15) is 5.78 Å². The predicted octanol–water partition coefficient (Wildman–Crippen LogP) is 0.513. The molecule has 0 aromatic heterocycles. The molecular weight excluding hydrogens is 141 g/mol. The second-order valence-corrected chi connectivity index (χ2v) is 3.92. The van der Waals surface area contributed by atoms with Crippen molar-refractivity contribution in [2.45, 2.75) is 19.6 Å². The molecule has 0 aromatic rings. The molecule has 0 saturated heterocycles. The molecule has 0 saturated carbocycles. The molecule has 9 heavy (non-hydrogen) atoms. The predicted molar refractivity (Wildman–Crippen MR) is 35.1 cm³/mol. The fourth-order valence-electron chi connectivity index (χ4n) is 0.303. The topological polar surface area (TPSA) is 72.5 Å². The van der Waals surface area contributed by atoms with Crippen molar-refractivity contribution in [2.24, 2.45) is 5.73 Å². The Morgan fingerprint density at radius 2 is 2.33 bits per heavy atom. The summed E-state index contributed by atoms with van der Waals surface area (Å²) in [4.78, 5) is 8.80. The summed E-state index contributed by atoms with van der Waals surface area (Å²) < 4.78 is 15.2. The van der Waals surface area contributed by atoms with E-state index in [2.05, 4.69) is 4.52 Å². The Morgan fingerprint density at radius 3 is 2.44 bits per heavy atom. The lowest BCUT2D eigenvalue weighted by Gasteiger charge is -2.12. The number of rotatable bonds is 3. The van der Waals surface area contributed by atoms with Crippen LogP contribution in [0.2, 0.25) is 0 Å².